The van der Waals surface area contributed by atoms with Crippen LogP contribution in [0.1, 0.15) is 47.3 Å². The van der Waals surface area contributed by atoms with Crippen LogP contribution in [0.2, 0.25) is 0 Å². The van der Waals surface area contributed by atoms with Gasteiger partial charge in [0.25, 0.3) is 5.91 Å². The molecule has 0 unspecified atom stereocenters. The van der Waals surface area contributed by atoms with E-state index in [4.69, 9.17) is 0 Å². The first-order chi connectivity index (χ1) is 12.5. The van der Waals surface area contributed by atoms with Gasteiger partial charge in [-0.05, 0) is 43.0 Å². The van der Waals surface area contributed by atoms with Gasteiger partial charge in [0.2, 0.25) is 10.0 Å². The second kappa shape index (κ2) is 8.01. The van der Waals surface area contributed by atoms with Crippen molar-refractivity contribution in [3.8, 4) is 0 Å². The van der Waals surface area contributed by atoms with Crippen molar-refractivity contribution < 1.29 is 13.2 Å². The molecule has 138 valence electrons. The molecule has 0 aliphatic carbocycles. The van der Waals surface area contributed by atoms with Crippen molar-refractivity contribution in [3.05, 3.63) is 71.3 Å². The molecule has 1 saturated heterocycles. The van der Waals surface area contributed by atoms with Crippen molar-refractivity contribution in [2.75, 3.05) is 13.1 Å². The Morgan fingerprint density at radius 1 is 1.04 bits per heavy atom. The quantitative estimate of drug-likeness (QED) is 0.847. The Hall–Kier alpha value is -2.18. The van der Waals surface area contributed by atoms with Gasteiger partial charge in [-0.25, -0.2) is 12.7 Å². The molecule has 1 N–H and O–H groups in total. The van der Waals surface area contributed by atoms with Gasteiger partial charge in [-0.15, -0.1) is 0 Å². The standard InChI is InChI=1S/C20H24N2O3S/c1-16(18-7-3-2-4-8-18)21-20(23)19-11-9-17(10-12-19)15-26(24,25)22-13-5-6-14-22/h2-4,7-12,16H,5-6,13-15H2,1H3,(H,21,23)/t16-/m0/s1. The molecule has 1 amide bonds. The fourth-order valence-corrected chi connectivity index (χ4v) is 4.74. The lowest BCUT2D eigenvalue weighted by Crippen LogP contribution is -2.29. The highest BCUT2D eigenvalue weighted by Crippen LogP contribution is 2.18. The molecule has 0 aromatic heterocycles. The van der Waals surface area contributed by atoms with Gasteiger partial charge in [-0.2, -0.15) is 0 Å². The predicted molar refractivity (Wildman–Crippen MR) is 102 cm³/mol. The first-order valence-corrected chi connectivity index (χ1v) is 10.5. The number of carbonyl (C=O) groups excluding carboxylic acids is 1. The van der Waals surface area contributed by atoms with E-state index in [2.05, 4.69) is 5.32 Å². The Bertz CT molecular complexity index is 842. The number of benzene rings is 2. The second-order valence-electron chi connectivity index (χ2n) is 6.67. The number of carbonyl (C=O) groups is 1. The number of hydrogen-bond donors (Lipinski definition) is 1. The topological polar surface area (TPSA) is 66.5 Å². The summed E-state index contributed by atoms with van der Waals surface area (Å²) in [6.45, 7) is 3.16. The Labute approximate surface area is 155 Å². The minimum Gasteiger partial charge on any atom is -0.346 e. The molecule has 1 aliphatic heterocycles. The molecular weight excluding hydrogens is 348 g/mol. The Balaban J connectivity index is 1.62. The van der Waals surface area contributed by atoms with Gasteiger partial charge in [0, 0.05) is 18.7 Å². The van der Waals surface area contributed by atoms with Crippen LogP contribution >= 0.6 is 0 Å². The maximum atomic E-state index is 12.4. The van der Waals surface area contributed by atoms with Gasteiger partial charge in [-0.1, -0.05) is 42.5 Å². The first kappa shape index (κ1) is 18.6. The molecule has 0 saturated carbocycles. The third-order valence-electron chi connectivity index (χ3n) is 4.67. The molecule has 5 nitrogen and oxygen atoms in total. The summed E-state index contributed by atoms with van der Waals surface area (Å²) in [7, 11) is -3.27. The first-order valence-electron chi connectivity index (χ1n) is 8.88. The van der Waals surface area contributed by atoms with Crippen LogP contribution in [-0.4, -0.2) is 31.7 Å². The average Bonchev–Trinajstić information content (AvgIpc) is 3.18. The van der Waals surface area contributed by atoms with Gasteiger partial charge in [0.05, 0.1) is 11.8 Å². The maximum Gasteiger partial charge on any atom is 0.251 e. The van der Waals surface area contributed by atoms with Crippen molar-refractivity contribution >= 4 is 15.9 Å². The van der Waals surface area contributed by atoms with E-state index < -0.39 is 10.0 Å². The molecule has 0 radical (unpaired) electrons. The maximum absolute atomic E-state index is 12.4. The summed E-state index contributed by atoms with van der Waals surface area (Å²) in [4.78, 5) is 12.4. The van der Waals surface area contributed by atoms with Crippen LogP contribution in [0.15, 0.2) is 54.6 Å². The largest absolute Gasteiger partial charge is 0.346 e. The van der Waals surface area contributed by atoms with E-state index in [0.29, 0.717) is 24.2 Å². The number of hydrogen-bond acceptors (Lipinski definition) is 3. The number of rotatable bonds is 6. The number of amides is 1. The minimum atomic E-state index is -3.27. The molecule has 6 heteroatoms. The summed E-state index contributed by atoms with van der Waals surface area (Å²) in [5, 5.41) is 2.96. The summed E-state index contributed by atoms with van der Waals surface area (Å²) in [5.74, 6) is -0.190. The zero-order valence-corrected chi connectivity index (χ0v) is 15.7. The zero-order chi connectivity index (χ0) is 18.6. The lowest BCUT2D eigenvalue weighted by atomic mass is 10.1. The monoisotopic (exact) mass is 372 g/mol. The highest BCUT2D eigenvalue weighted by molar-refractivity contribution is 7.88. The van der Waals surface area contributed by atoms with E-state index in [-0.39, 0.29) is 17.7 Å². The summed E-state index contributed by atoms with van der Waals surface area (Å²) < 4.78 is 26.3. The van der Waals surface area contributed by atoms with Crippen LogP contribution < -0.4 is 5.32 Å². The molecule has 0 bridgehead atoms. The lowest BCUT2D eigenvalue weighted by Gasteiger charge is -2.16. The summed E-state index contributed by atoms with van der Waals surface area (Å²) >= 11 is 0. The van der Waals surface area contributed by atoms with E-state index in [1.165, 1.54) is 0 Å². The number of sulfonamides is 1. The molecule has 1 atom stereocenters. The van der Waals surface area contributed by atoms with Crippen molar-refractivity contribution in [1.29, 1.82) is 0 Å². The van der Waals surface area contributed by atoms with E-state index in [1.54, 1.807) is 28.6 Å². The van der Waals surface area contributed by atoms with Crippen molar-refractivity contribution in [1.82, 2.24) is 9.62 Å². The van der Waals surface area contributed by atoms with Crippen LogP contribution in [0.25, 0.3) is 0 Å². The summed E-state index contributed by atoms with van der Waals surface area (Å²) in [6, 6.07) is 16.5. The predicted octanol–water partition coefficient (Wildman–Crippen LogP) is 3.10. The Morgan fingerprint density at radius 2 is 1.65 bits per heavy atom. The molecule has 0 spiro atoms. The molecule has 3 rings (SSSR count). The molecule has 1 fully saturated rings. The fraction of sp³-hybridized carbons (Fsp3) is 0.350. The molecular formula is C20H24N2O3S. The zero-order valence-electron chi connectivity index (χ0n) is 14.9. The SMILES string of the molecule is C[C@H](NC(=O)c1ccc(CS(=O)(=O)N2CCCC2)cc1)c1ccccc1. The molecule has 2 aromatic rings. The van der Waals surface area contributed by atoms with Gasteiger partial charge in [0.1, 0.15) is 0 Å². The highest BCUT2D eigenvalue weighted by atomic mass is 32.2. The number of nitrogens with one attached hydrogen (secondary N) is 1. The third-order valence-corrected chi connectivity index (χ3v) is 6.52. The van der Waals surface area contributed by atoms with Crippen molar-refractivity contribution in [3.63, 3.8) is 0 Å². The van der Waals surface area contributed by atoms with Crippen LogP contribution in [0, 0.1) is 0 Å². The van der Waals surface area contributed by atoms with E-state index >= 15 is 0 Å². The number of nitrogens with zero attached hydrogens (tertiary/aromatic N) is 1. The second-order valence-corrected chi connectivity index (χ2v) is 8.63. The van der Waals surface area contributed by atoms with Crippen molar-refractivity contribution in [2.24, 2.45) is 0 Å². The van der Waals surface area contributed by atoms with Crippen LogP contribution in [0.5, 0.6) is 0 Å². The van der Waals surface area contributed by atoms with E-state index in [0.717, 1.165) is 18.4 Å². The lowest BCUT2D eigenvalue weighted by molar-refractivity contribution is 0.0940. The average molecular weight is 372 g/mol. The van der Waals surface area contributed by atoms with Gasteiger partial charge in [0.15, 0.2) is 0 Å². The molecule has 1 heterocycles. The van der Waals surface area contributed by atoms with Crippen LogP contribution in [0.4, 0.5) is 0 Å². The summed E-state index contributed by atoms with van der Waals surface area (Å²) in [6.07, 6.45) is 1.86. The molecule has 2 aromatic carbocycles. The Morgan fingerprint density at radius 3 is 2.27 bits per heavy atom. The molecule has 26 heavy (non-hydrogen) atoms. The minimum absolute atomic E-state index is 0.0185. The van der Waals surface area contributed by atoms with E-state index in [9.17, 15) is 13.2 Å². The highest BCUT2D eigenvalue weighted by Gasteiger charge is 2.25. The van der Waals surface area contributed by atoms with Gasteiger partial charge in [-0.3, -0.25) is 4.79 Å². The normalized spacial score (nSPS) is 16.3. The van der Waals surface area contributed by atoms with Gasteiger partial charge >= 0.3 is 0 Å². The Kier molecular flexibility index (Phi) is 5.74. The summed E-state index contributed by atoms with van der Waals surface area (Å²) in [5.41, 5.74) is 2.26. The van der Waals surface area contributed by atoms with Crippen LogP contribution in [0.3, 0.4) is 0 Å². The smallest absolute Gasteiger partial charge is 0.251 e. The molecule has 1 aliphatic rings. The van der Waals surface area contributed by atoms with E-state index in [1.807, 2.05) is 37.3 Å². The van der Waals surface area contributed by atoms with Gasteiger partial charge < -0.3 is 5.32 Å². The fourth-order valence-electron chi connectivity index (χ4n) is 3.13. The van der Waals surface area contributed by atoms with Crippen molar-refractivity contribution in [2.45, 2.75) is 31.6 Å². The third kappa shape index (κ3) is 4.51. The van der Waals surface area contributed by atoms with Crippen LogP contribution in [-0.2, 0) is 15.8 Å².